The maximum Gasteiger partial charge on any atom is 0.297 e. The Kier molecular flexibility index (Phi) is 3.77. The van der Waals surface area contributed by atoms with Crippen LogP contribution in [0.4, 0.5) is 0 Å². The lowest BCUT2D eigenvalue weighted by Crippen LogP contribution is -2.49. The summed E-state index contributed by atoms with van der Waals surface area (Å²) in [5, 5.41) is 5.18. The number of hydrogen-bond acceptors (Lipinski definition) is 2. The van der Waals surface area contributed by atoms with Gasteiger partial charge < -0.3 is 10.6 Å². The molecule has 0 spiro atoms. The summed E-state index contributed by atoms with van der Waals surface area (Å²) >= 11 is 2.81. The molecule has 1 fully saturated rings. The van der Waals surface area contributed by atoms with Crippen LogP contribution >= 0.6 is 15.9 Å². The minimum absolute atomic E-state index is 0.129. The Bertz CT molecular complexity index is 280. The first-order valence-corrected chi connectivity index (χ1v) is 4.73. The summed E-state index contributed by atoms with van der Waals surface area (Å²) in [5.74, 6) is 1.69. The third-order valence-corrected chi connectivity index (χ3v) is 1.95. The second-order valence-corrected chi connectivity index (χ2v) is 3.08. The van der Waals surface area contributed by atoms with Crippen molar-refractivity contribution in [1.82, 2.24) is 10.6 Å². The van der Waals surface area contributed by atoms with E-state index >= 15 is 0 Å². The molecule has 1 atom stereocenters. The van der Waals surface area contributed by atoms with Gasteiger partial charge in [-0.15, -0.1) is 0 Å². The summed E-state index contributed by atoms with van der Waals surface area (Å²) in [6.45, 7) is 0.690. The van der Waals surface area contributed by atoms with Crippen molar-refractivity contribution in [3.63, 3.8) is 0 Å². The number of carbonyl (C=O) groups excluding carboxylic acids is 2. The van der Waals surface area contributed by atoms with Gasteiger partial charge in [-0.05, 0) is 17.7 Å². The highest BCUT2D eigenvalue weighted by atomic mass is 79.9. The molecular weight excluding hydrogens is 236 g/mol. The molecule has 13 heavy (non-hydrogen) atoms. The smallest absolute Gasteiger partial charge is 0.297 e. The molecule has 70 valence electrons. The molecule has 2 amide bonds. The number of halogens is 1. The summed E-state index contributed by atoms with van der Waals surface area (Å²) in [4.78, 5) is 24.4. The minimum Gasteiger partial charge on any atom is -0.354 e. The molecule has 1 aliphatic heterocycles. The van der Waals surface area contributed by atoms with Crippen molar-refractivity contribution in [3.05, 3.63) is 0 Å². The van der Waals surface area contributed by atoms with Crippen LogP contribution < -0.4 is 10.6 Å². The average Bonchev–Trinajstić information content (AvgIpc) is 2.09. The van der Waals surface area contributed by atoms with Gasteiger partial charge in [-0.1, -0.05) is 0 Å². The van der Waals surface area contributed by atoms with Crippen molar-refractivity contribution in [2.45, 2.75) is 18.9 Å². The number of amides is 2. The second kappa shape index (κ2) is 4.87. The highest BCUT2D eigenvalue weighted by Gasteiger charge is 2.22. The minimum atomic E-state index is -0.432. The summed E-state index contributed by atoms with van der Waals surface area (Å²) < 4.78 is 0. The molecule has 0 bridgehead atoms. The van der Waals surface area contributed by atoms with Crippen molar-refractivity contribution in [3.8, 4) is 10.8 Å². The topological polar surface area (TPSA) is 58.2 Å². The Labute approximate surface area is 84.6 Å². The van der Waals surface area contributed by atoms with E-state index in [9.17, 15) is 9.59 Å². The Morgan fingerprint density at radius 2 is 2.46 bits per heavy atom. The Hall–Kier alpha value is -1.02. The van der Waals surface area contributed by atoms with Gasteiger partial charge in [0.1, 0.15) is 6.04 Å². The molecule has 1 rings (SSSR count). The van der Waals surface area contributed by atoms with Crippen LogP contribution in [0.1, 0.15) is 12.8 Å². The van der Waals surface area contributed by atoms with Gasteiger partial charge in [0.15, 0.2) is 0 Å². The van der Waals surface area contributed by atoms with Gasteiger partial charge in [0.25, 0.3) is 5.91 Å². The standard InChI is InChI=1S/C8H9BrN2O2/c9-4-3-7(12)11-6-2-1-5-10-8(6)13/h6H,1-2,5H2,(H,10,13)(H,11,12). The zero-order valence-corrected chi connectivity index (χ0v) is 8.48. The number of piperidine rings is 1. The van der Waals surface area contributed by atoms with Crippen LogP contribution in [0.15, 0.2) is 0 Å². The first-order chi connectivity index (χ1) is 6.24. The van der Waals surface area contributed by atoms with Crippen LogP contribution in [-0.2, 0) is 9.59 Å². The summed E-state index contributed by atoms with van der Waals surface area (Å²) in [6, 6.07) is -0.422. The number of hydrogen-bond donors (Lipinski definition) is 2. The van der Waals surface area contributed by atoms with E-state index < -0.39 is 11.9 Å². The Morgan fingerprint density at radius 1 is 1.69 bits per heavy atom. The van der Waals surface area contributed by atoms with Crippen LogP contribution in [0.5, 0.6) is 0 Å². The fourth-order valence-corrected chi connectivity index (χ4v) is 1.33. The molecule has 0 aromatic heterocycles. The van der Waals surface area contributed by atoms with Crippen LogP contribution in [0, 0.1) is 10.8 Å². The molecule has 1 heterocycles. The van der Waals surface area contributed by atoms with Gasteiger partial charge in [-0.2, -0.15) is 0 Å². The molecule has 2 N–H and O–H groups in total. The van der Waals surface area contributed by atoms with E-state index in [0.717, 1.165) is 6.42 Å². The first-order valence-electron chi connectivity index (χ1n) is 3.94. The number of rotatable bonds is 1. The molecule has 0 aromatic carbocycles. The van der Waals surface area contributed by atoms with E-state index in [2.05, 4.69) is 37.3 Å². The fourth-order valence-electron chi connectivity index (χ4n) is 1.15. The SMILES string of the molecule is O=C(C#CBr)NC1CCCNC1=O. The zero-order chi connectivity index (χ0) is 9.68. The lowest BCUT2D eigenvalue weighted by Gasteiger charge is -2.21. The van der Waals surface area contributed by atoms with Crippen molar-refractivity contribution in [1.29, 1.82) is 0 Å². The largest absolute Gasteiger partial charge is 0.354 e. The quantitative estimate of drug-likeness (QED) is 0.625. The van der Waals surface area contributed by atoms with E-state index in [4.69, 9.17) is 0 Å². The van der Waals surface area contributed by atoms with Crippen molar-refractivity contribution < 1.29 is 9.59 Å². The van der Waals surface area contributed by atoms with E-state index in [1.54, 1.807) is 0 Å². The molecule has 0 aliphatic carbocycles. The molecule has 1 unspecified atom stereocenters. The lowest BCUT2D eigenvalue weighted by atomic mass is 10.1. The summed E-state index contributed by atoms with van der Waals surface area (Å²) in [5.41, 5.74) is 0. The Morgan fingerprint density at radius 3 is 3.08 bits per heavy atom. The van der Waals surface area contributed by atoms with Gasteiger partial charge in [0.05, 0.1) is 0 Å². The van der Waals surface area contributed by atoms with Gasteiger partial charge >= 0.3 is 0 Å². The zero-order valence-electron chi connectivity index (χ0n) is 6.89. The molecule has 0 aromatic rings. The molecular formula is C8H9BrN2O2. The van der Waals surface area contributed by atoms with Gasteiger partial charge in [-0.3, -0.25) is 9.59 Å². The van der Waals surface area contributed by atoms with Crippen LogP contribution in [-0.4, -0.2) is 24.4 Å². The van der Waals surface area contributed by atoms with Crippen molar-refractivity contribution in [2.75, 3.05) is 6.54 Å². The lowest BCUT2D eigenvalue weighted by molar-refractivity contribution is -0.128. The molecule has 0 radical (unpaired) electrons. The molecule has 1 aliphatic rings. The van der Waals surface area contributed by atoms with Gasteiger partial charge in [0.2, 0.25) is 5.91 Å². The second-order valence-electron chi connectivity index (χ2n) is 2.68. The van der Waals surface area contributed by atoms with Gasteiger partial charge in [0, 0.05) is 28.4 Å². The molecule has 4 nitrogen and oxygen atoms in total. The van der Waals surface area contributed by atoms with Crippen LogP contribution in [0.3, 0.4) is 0 Å². The summed E-state index contributed by atoms with van der Waals surface area (Å²) in [6.07, 6.45) is 1.57. The first kappa shape index (κ1) is 10.1. The van der Waals surface area contributed by atoms with Crippen molar-refractivity contribution >= 4 is 27.7 Å². The third-order valence-electron chi connectivity index (χ3n) is 1.75. The highest BCUT2D eigenvalue weighted by molar-refractivity contribution is 9.12. The fraction of sp³-hybridized carbons (Fsp3) is 0.500. The van der Waals surface area contributed by atoms with E-state index in [-0.39, 0.29) is 5.91 Å². The normalized spacial score (nSPS) is 21.0. The van der Waals surface area contributed by atoms with Crippen LogP contribution in [0.2, 0.25) is 0 Å². The molecule has 0 saturated carbocycles. The third kappa shape index (κ3) is 3.07. The Balaban J connectivity index is 2.45. The van der Waals surface area contributed by atoms with E-state index in [1.165, 1.54) is 0 Å². The predicted molar refractivity (Wildman–Crippen MR) is 50.9 cm³/mol. The van der Waals surface area contributed by atoms with E-state index in [0.29, 0.717) is 13.0 Å². The average molecular weight is 245 g/mol. The van der Waals surface area contributed by atoms with Gasteiger partial charge in [-0.25, -0.2) is 0 Å². The number of carbonyl (C=O) groups is 2. The van der Waals surface area contributed by atoms with Crippen LogP contribution in [0.25, 0.3) is 0 Å². The summed E-state index contributed by atoms with van der Waals surface area (Å²) in [7, 11) is 0. The maximum atomic E-state index is 11.1. The maximum absolute atomic E-state index is 11.1. The predicted octanol–water partition coefficient (Wildman–Crippen LogP) is -0.263. The monoisotopic (exact) mass is 244 g/mol. The molecule has 5 heteroatoms. The van der Waals surface area contributed by atoms with Crippen molar-refractivity contribution in [2.24, 2.45) is 0 Å². The van der Waals surface area contributed by atoms with E-state index in [1.807, 2.05) is 0 Å². The highest BCUT2D eigenvalue weighted by Crippen LogP contribution is 2.02. The molecule has 1 saturated heterocycles. The number of nitrogens with one attached hydrogen (secondary N) is 2.